The molecule has 0 spiro atoms. The van der Waals surface area contributed by atoms with E-state index in [1.54, 1.807) is 0 Å². The van der Waals surface area contributed by atoms with Crippen LogP contribution in [0.3, 0.4) is 0 Å². The normalized spacial score (nSPS) is 18.5. The van der Waals surface area contributed by atoms with Gasteiger partial charge in [-0.25, -0.2) is 0 Å². The zero-order valence-corrected chi connectivity index (χ0v) is 8.96. The molecule has 1 aromatic carbocycles. The zero-order valence-electron chi connectivity index (χ0n) is 8.96. The van der Waals surface area contributed by atoms with E-state index in [0.717, 1.165) is 0 Å². The number of hydrogen-bond acceptors (Lipinski definition) is 0. The lowest BCUT2D eigenvalue weighted by Crippen LogP contribution is -1.85. The van der Waals surface area contributed by atoms with E-state index in [2.05, 4.69) is 44.2 Å². The largest absolute Gasteiger partial charge is 0.0737 e. The maximum Gasteiger partial charge on any atom is 0.000152 e. The van der Waals surface area contributed by atoms with Crippen LogP contribution in [0.1, 0.15) is 44.7 Å². The molecule has 0 saturated heterocycles. The van der Waals surface area contributed by atoms with E-state index in [-0.39, 0.29) is 0 Å². The van der Waals surface area contributed by atoms with Crippen molar-refractivity contribution in [1.82, 2.24) is 0 Å². The lowest BCUT2D eigenvalue weighted by atomic mass is 10.0. The first-order chi connectivity index (χ1) is 6.29. The first-order valence-corrected chi connectivity index (χ1v) is 5.07. The summed E-state index contributed by atoms with van der Waals surface area (Å²) >= 11 is 0. The molecular formula is C13H18. The summed E-state index contributed by atoms with van der Waals surface area (Å²) in [5, 5.41) is 0. The fourth-order valence-electron chi connectivity index (χ4n) is 1.81. The molecule has 0 radical (unpaired) electrons. The quantitative estimate of drug-likeness (QED) is 0.552. The Balaban J connectivity index is 0.000000396. The van der Waals surface area contributed by atoms with Crippen LogP contribution in [0, 0.1) is 0 Å². The minimum absolute atomic E-state index is 0.617. The molecule has 0 heterocycles. The lowest BCUT2D eigenvalue weighted by molar-refractivity contribution is 0.990. The van der Waals surface area contributed by atoms with Gasteiger partial charge < -0.3 is 0 Å². The molecule has 1 atom stereocenters. The maximum absolute atomic E-state index is 2.32. The number of benzene rings is 1. The Morgan fingerprint density at radius 2 is 1.69 bits per heavy atom. The smallest absolute Gasteiger partial charge is 0.000152 e. The maximum atomic E-state index is 2.32. The first-order valence-electron chi connectivity index (χ1n) is 5.07. The third-order valence-electron chi connectivity index (χ3n) is 2.38. The van der Waals surface area contributed by atoms with Crippen LogP contribution < -0.4 is 0 Å². The lowest BCUT2D eigenvalue weighted by Gasteiger charge is -2.02. The van der Waals surface area contributed by atoms with Crippen molar-refractivity contribution < 1.29 is 0 Å². The van der Waals surface area contributed by atoms with Crippen LogP contribution in [0.2, 0.25) is 0 Å². The molecule has 1 unspecified atom stereocenters. The van der Waals surface area contributed by atoms with Gasteiger partial charge in [0.2, 0.25) is 0 Å². The van der Waals surface area contributed by atoms with Crippen LogP contribution in [-0.4, -0.2) is 0 Å². The van der Waals surface area contributed by atoms with Gasteiger partial charge in [0.1, 0.15) is 0 Å². The molecule has 1 aliphatic rings. The third-order valence-corrected chi connectivity index (χ3v) is 2.38. The van der Waals surface area contributed by atoms with Crippen molar-refractivity contribution in [3.8, 4) is 0 Å². The standard InChI is InChI=1S/C11H12.C2H6/c1-8-7-9(2)11-6-4-3-5-10(8)11;1-2/h3-8H,1-2H3;1-2H3. The molecule has 70 valence electrons. The summed E-state index contributed by atoms with van der Waals surface area (Å²) < 4.78 is 0. The van der Waals surface area contributed by atoms with Crippen LogP contribution in [0.5, 0.6) is 0 Å². The number of hydrogen-bond donors (Lipinski definition) is 0. The second-order valence-corrected chi connectivity index (χ2v) is 3.23. The van der Waals surface area contributed by atoms with Crippen molar-refractivity contribution in [2.24, 2.45) is 0 Å². The molecule has 1 aliphatic carbocycles. The van der Waals surface area contributed by atoms with Gasteiger partial charge >= 0.3 is 0 Å². The number of allylic oxidation sites excluding steroid dienone is 2. The predicted molar refractivity (Wildman–Crippen MR) is 59.9 cm³/mol. The molecule has 0 aromatic heterocycles. The SMILES string of the molecule is CC.CC1=CC(C)c2ccccc21. The fraction of sp³-hybridized carbons (Fsp3) is 0.385. The molecule has 13 heavy (non-hydrogen) atoms. The van der Waals surface area contributed by atoms with Gasteiger partial charge in [-0.1, -0.05) is 51.1 Å². The molecular weight excluding hydrogens is 156 g/mol. The van der Waals surface area contributed by atoms with E-state index in [4.69, 9.17) is 0 Å². The van der Waals surface area contributed by atoms with E-state index in [9.17, 15) is 0 Å². The van der Waals surface area contributed by atoms with Gasteiger partial charge in [0, 0.05) is 5.92 Å². The van der Waals surface area contributed by atoms with Crippen molar-refractivity contribution in [2.45, 2.75) is 33.6 Å². The Morgan fingerprint density at radius 1 is 1.08 bits per heavy atom. The second kappa shape index (κ2) is 4.27. The summed E-state index contributed by atoms with van der Waals surface area (Å²) in [7, 11) is 0. The van der Waals surface area contributed by atoms with E-state index in [1.165, 1.54) is 16.7 Å². The zero-order chi connectivity index (χ0) is 9.84. The van der Waals surface area contributed by atoms with Gasteiger partial charge in [-0.3, -0.25) is 0 Å². The second-order valence-electron chi connectivity index (χ2n) is 3.23. The summed E-state index contributed by atoms with van der Waals surface area (Å²) in [6.07, 6.45) is 2.32. The molecule has 0 N–H and O–H groups in total. The van der Waals surface area contributed by atoms with Crippen molar-refractivity contribution in [3.05, 3.63) is 41.5 Å². The first kappa shape index (κ1) is 10.0. The van der Waals surface area contributed by atoms with Gasteiger partial charge in [0.15, 0.2) is 0 Å². The minimum atomic E-state index is 0.617. The average Bonchev–Trinajstić information content (AvgIpc) is 2.47. The summed E-state index contributed by atoms with van der Waals surface area (Å²) in [6, 6.07) is 8.63. The molecule has 0 fully saturated rings. The van der Waals surface area contributed by atoms with Crippen LogP contribution in [-0.2, 0) is 0 Å². The molecule has 0 nitrogen and oxygen atoms in total. The van der Waals surface area contributed by atoms with Crippen molar-refractivity contribution >= 4 is 5.57 Å². The highest BCUT2D eigenvalue weighted by molar-refractivity contribution is 5.72. The van der Waals surface area contributed by atoms with E-state index in [1.807, 2.05) is 13.8 Å². The molecule has 0 amide bonds. The van der Waals surface area contributed by atoms with Crippen molar-refractivity contribution in [1.29, 1.82) is 0 Å². The molecule has 0 heteroatoms. The molecule has 0 bridgehead atoms. The van der Waals surface area contributed by atoms with E-state index < -0.39 is 0 Å². The van der Waals surface area contributed by atoms with Crippen LogP contribution in [0.4, 0.5) is 0 Å². The minimum Gasteiger partial charge on any atom is -0.0737 e. The van der Waals surface area contributed by atoms with E-state index in [0.29, 0.717) is 5.92 Å². The third kappa shape index (κ3) is 1.82. The predicted octanol–water partition coefficient (Wildman–Crippen LogP) is 4.23. The number of fused-ring (bicyclic) bond motifs is 1. The molecule has 0 saturated carbocycles. The Morgan fingerprint density at radius 3 is 2.31 bits per heavy atom. The summed E-state index contributed by atoms with van der Waals surface area (Å²) in [4.78, 5) is 0. The average molecular weight is 174 g/mol. The van der Waals surface area contributed by atoms with E-state index >= 15 is 0 Å². The fourth-order valence-corrected chi connectivity index (χ4v) is 1.81. The van der Waals surface area contributed by atoms with Crippen molar-refractivity contribution in [3.63, 3.8) is 0 Å². The van der Waals surface area contributed by atoms with Crippen LogP contribution in [0.25, 0.3) is 5.57 Å². The molecule has 0 aliphatic heterocycles. The highest BCUT2D eigenvalue weighted by Gasteiger charge is 2.15. The Hall–Kier alpha value is -1.04. The summed E-state index contributed by atoms with van der Waals surface area (Å²) in [5.41, 5.74) is 4.33. The monoisotopic (exact) mass is 174 g/mol. The molecule has 1 aromatic rings. The molecule has 2 rings (SSSR count). The topological polar surface area (TPSA) is 0 Å². The highest BCUT2D eigenvalue weighted by Crippen LogP contribution is 2.34. The number of rotatable bonds is 0. The van der Waals surface area contributed by atoms with Crippen molar-refractivity contribution in [2.75, 3.05) is 0 Å². The van der Waals surface area contributed by atoms with Gasteiger partial charge in [0.05, 0.1) is 0 Å². The highest BCUT2D eigenvalue weighted by atomic mass is 14.2. The van der Waals surface area contributed by atoms with Gasteiger partial charge in [-0.15, -0.1) is 0 Å². The summed E-state index contributed by atoms with van der Waals surface area (Å²) in [6.45, 7) is 8.43. The Labute approximate surface area is 81.3 Å². The van der Waals surface area contributed by atoms with Gasteiger partial charge in [-0.2, -0.15) is 0 Å². The Bertz CT molecular complexity index is 308. The van der Waals surface area contributed by atoms with Crippen LogP contribution >= 0.6 is 0 Å². The van der Waals surface area contributed by atoms with Crippen LogP contribution in [0.15, 0.2) is 30.3 Å². The van der Waals surface area contributed by atoms with Gasteiger partial charge in [0.25, 0.3) is 0 Å². The summed E-state index contributed by atoms with van der Waals surface area (Å²) in [5.74, 6) is 0.617. The van der Waals surface area contributed by atoms with Gasteiger partial charge in [-0.05, 0) is 23.6 Å². The Kier molecular flexibility index (Phi) is 3.30.